The molecule has 1 unspecified atom stereocenters. The zero-order chi connectivity index (χ0) is 15.5. The Morgan fingerprint density at radius 1 is 1.48 bits per heavy atom. The zero-order valence-electron chi connectivity index (χ0n) is 11.9. The third kappa shape index (κ3) is 4.28. The number of likely N-dealkylation sites (tertiary alicyclic amines) is 1. The molecule has 1 atom stereocenters. The zero-order valence-corrected chi connectivity index (χ0v) is 13.5. The van der Waals surface area contributed by atoms with Crippen LogP contribution < -0.4 is 5.32 Å². The minimum Gasteiger partial charge on any atom is -0.481 e. The van der Waals surface area contributed by atoms with Gasteiger partial charge in [0.05, 0.1) is 12.0 Å². The molecule has 0 radical (unpaired) electrons. The topological polar surface area (TPSA) is 69.6 Å². The van der Waals surface area contributed by atoms with Crippen LogP contribution in [-0.2, 0) is 9.59 Å². The third-order valence-corrected chi connectivity index (χ3v) is 4.26. The molecular formula is C15H19BrN2O3. The van der Waals surface area contributed by atoms with Gasteiger partial charge >= 0.3 is 5.97 Å². The number of carbonyl (C=O) groups is 2. The summed E-state index contributed by atoms with van der Waals surface area (Å²) < 4.78 is 0.900. The van der Waals surface area contributed by atoms with E-state index in [4.69, 9.17) is 0 Å². The minimum absolute atomic E-state index is 0.122. The van der Waals surface area contributed by atoms with Crippen molar-refractivity contribution in [3.8, 4) is 0 Å². The number of nitrogens with one attached hydrogen (secondary N) is 1. The Bertz CT molecular complexity index is 549. The van der Waals surface area contributed by atoms with E-state index < -0.39 is 11.4 Å². The molecule has 114 valence electrons. The van der Waals surface area contributed by atoms with E-state index in [1.165, 1.54) is 0 Å². The van der Waals surface area contributed by atoms with Gasteiger partial charge in [-0.1, -0.05) is 22.0 Å². The van der Waals surface area contributed by atoms with Crippen LogP contribution in [0.3, 0.4) is 0 Å². The molecule has 1 aliphatic heterocycles. The quantitative estimate of drug-likeness (QED) is 0.871. The van der Waals surface area contributed by atoms with Crippen molar-refractivity contribution in [3.63, 3.8) is 0 Å². The van der Waals surface area contributed by atoms with Crippen molar-refractivity contribution in [1.29, 1.82) is 0 Å². The van der Waals surface area contributed by atoms with E-state index in [2.05, 4.69) is 21.2 Å². The largest absolute Gasteiger partial charge is 0.481 e. The number of carboxylic acids is 1. The van der Waals surface area contributed by atoms with Crippen molar-refractivity contribution in [2.75, 3.05) is 25.0 Å². The van der Waals surface area contributed by atoms with Crippen LogP contribution in [0, 0.1) is 5.41 Å². The van der Waals surface area contributed by atoms with E-state index in [1.807, 2.05) is 29.2 Å². The molecule has 1 aliphatic rings. The summed E-state index contributed by atoms with van der Waals surface area (Å²) in [6, 6.07) is 7.39. The Morgan fingerprint density at radius 2 is 2.24 bits per heavy atom. The SMILES string of the molecule is CC1(C(=O)O)CCCN(CC(=O)Nc2cccc(Br)c2)C1. The predicted octanol–water partition coefficient (Wildman–Crippen LogP) is 2.57. The predicted molar refractivity (Wildman–Crippen MR) is 84.2 cm³/mol. The summed E-state index contributed by atoms with van der Waals surface area (Å²) >= 11 is 3.35. The van der Waals surface area contributed by atoms with Crippen molar-refractivity contribution in [1.82, 2.24) is 4.90 Å². The highest BCUT2D eigenvalue weighted by Crippen LogP contribution is 2.29. The second-order valence-corrected chi connectivity index (χ2v) is 6.65. The number of hydrogen-bond donors (Lipinski definition) is 2. The van der Waals surface area contributed by atoms with Gasteiger partial charge < -0.3 is 10.4 Å². The number of carboxylic acid groups (broad SMARTS) is 1. The fourth-order valence-electron chi connectivity index (χ4n) is 2.62. The molecule has 1 heterocycles. The lowest BCUT2D eigenvalue weighted by Gasteiger charge is -2.37. The smallest absolute Gasteiger partial charge is 0.310 e. The molecule has 0 aromatic heterocycles. The van der Waals surface area contributed by atoms with Gasteiger partial charge in [-0.2, -0.15) is 0 Å². The van der Waals surface area contributed by atoms with E-state index in [0.29, 0.717) is 13.0 Å². The van der Waals surface area contributed by atoms with Crippen molar-refractivity contribution in [2.45, 2.75) is 19.8 Å². The highest BCUT2D eigenvalue weighted by atomic mass is 79.9. The number of carbonyl (C=O) groups excluding carboxylic acids is 1. The van der Waals surface area contributed by atoms with Gasteiger partial charge in [0.15, 0.2) is 0 Å². The van der Waals surface area contributed by atoms with Crippen LogP contribution in [-0.4, -0.2) is 41.5 Å². The van der Waals surface area contributed by atoms with Gasteiger partial charge in [0.2, 0.25) is 5.91 Å². The number of halogens is 1. The van der Waals surface area contributed by atoms with Crippen LogP contribution in [0.2, 0.25) is 0 Å². The lowest BCUT2D eigenvalue weighted by atomic mass is 9.82. The van der Waals surface area contributed by atoms with Crippen LogP contribution in [0.25, 0.3) is 0 Å². The van der Waals surface area contributed by atoms with Crippen molar-refractivity contribution in [3.05, 3.63) is 28.7 Å². The molecule has 2 N–H and O–H groups in total. The monoisotopic (exact) mass is 354 g/mol. The Hall–Kier alpha value is -1.40. The Labute approximate surface area is 132 Å². The van der Waals surface area contributed by atoms with Crippen LogP contribution in [0.1, 0.15) is 19.8 Å². The first kappa shape index (κ1) is 16.0. The van der Waals surface area contributed by atoms with E-state index in [1.54, 1.807) is 6.92 Å². The molecule has 0 spiro atoms. The van der Waals surface area contributed by atoms with Crippen LogP contribution in [0.15, 0.2) is 28.7 Å². The van der Waals surface area contributed by atoms with Gasteiger partial charge in [-0.3, -0.25) is 14.5 Å². The summed E-state index contributed by atoms with van der Waals surface area (Å²) in [5, 5.41) is 12.1. The molecule has 6 heteroatoms. The summed E-state index contributed by atoms with van der Waals surface area (Å²) in [5.41, 5.74) is -0.0266. The van der Waals surface area contributed by atoms with Gasteiger partial charge in [0.25, 0.3) is 0 Å². The highest BCUT2D eigenvalue weighted by Gasteiger charge is 2.38. The molecule has 0 saturated carbocycles. The second-order valence-electron chi connectivity index (χ2n) is 5.74. The average Bonchev–Trinajstić information content (AvgIpc) is 2.38. The Morgan fingerprint density at radius 3 is 2.90 bits per heavy atom. The number of benzene rings is 1. The number of hydrogen-bond acceptors (Lipinski definition) is 3. The minimum atomic E-state index is -0.792. The molecule has 2 rings (SSSR count). The number of amides is 1. The second kappa shape index (κ2) is 6.58. The summed E-state index contributed by atoms with van der Waals surface area (Å²) in [7, 11) is 0. The first-order valence-corrected chi connectivity index (χ1v) is 7.69. The van der Waals surface area contributed by atoms with Gasteiger partial charge in [0.1, 0.15) is 0 Å². The van der Waals surface area contributed by atoms with Crippen molar-refractivity contribution < 1.29 is 14.7 Å². The first-order valence-electron chi connectivity index (χ1n) is 6.90. The number of aliphatic carboxylic acids is 1. The van der Waals surface area contributed by atoms with Crippen LogP contribution >= 0.6 is 15.9 Å². The number of rotatable bonds is 4. The van der Waals surface area contributed by atoms with Crippen LogP contribution in [0.5, 0.6) is 0 Å². The summed E-state index contributed by atoms with van der Waals surface area (Å²) in [5.74, 6) is -0.915. The van der Waals surface area contributed by atoms with E-state index in [9.17, 15) is 14.7 Å². The molecule has 0 bridgehead atoms. The summed E-state index contributed by atoms with van der Waals surface area (Å²) in [6.07, 6.45) is 1.46. The fraction of sp³-hybridized carbons (Fsp3) is 0.467. The highest BCUT2D eigenvalue weighted by molar-refractivity contribution is 9.10. The molecule has 1 aromatic rings. The third-order valence-electron chi connectivity index (χ3n) is 3.77. The maximum Gasteiger partial charge on any atom is 0.310 e. The maximum atomic E-state index is 12.1. The summed E-state index contributed by atoms with van der Waals surface area (Å²) in [4.78, 5) is 25.3. The molecule has 5 nitrogen and oxygen atoms in total. The molecule has 1 amide bonds. The Balaban J connectivity index is 1.92. The van der Waals surface area contributed by atoms with E-state index in [-0.39, 0.29) is 12.5 Å². The van der Waals surface area contributed by atoms with Gasteiger partial charge in [-0.15, -0.1) is 0 Å². The maximum absolute atomic E-state index is 12.1. The number of piperidine rings is 1. The van der Waals surface area contributed by atoms with E-state index >= 15 is 0 Å². The fourth-order valence-corrected chi connectivity index (χ4v) is 3.02. The molecular weight excluding hydrogens is 336 g/mol. The normalized spacial score (nSPS) is 22.8. The average molecular weight is 355 g/mol. The first-order chi connectivity index (χ1) is 9.89. The van der Waals surface area contributed by atoms with Crippen molar-refractivity contribution in [2.24, 2.45) is 5.41 Å². The lowest BCUT2D eigenvalue weighted by molar-refractivity contribution is -0.151. The van der Waals surface area contributed by atoms with Crippen LogP contribution in [0.4, 0.5) is 5.69 Å². The van der Waals surface area contributed by atoms with Gasteiger partial charge in [0, 0.05) is 16.7 Å². The molecule has 21 heavy (non-hydrogen) atoms. The molecule has 1 saturated heterocycles. The number of nitrogens with zero attached hydrogens (tertiary/aromatic N) is 1. The molecule has 0 aliphatic carbocycles. The standard InChI is InChI=1S/C15H19BrN2O3/c1-15(14(20)21)6-3-7-18(10-15)9-13(19)17-12-5-2-4-11(16)8-12/h2,4-5,8H,3,6-7,9-10H2,1H3,(H,17,19)(H,20,21). The molecule has 1 aromatic carbocycles. The summed E-state index contributed by atoms with van der Waals surface area (Å²) in [6.45, 7) is 3.13. The van der Waals surface area contributed by atoms with Gasteiger partial charge in [-0.05, 0) is 44.5 Å². The van der Waals surface area contributed by atoms with Gasteiger partial charge in [-0.25, -0.2) is 0 Å². The Kier molecular flexibility index (Phi) is 5.00. The van der Waals surface area contributed by atoms with E-state index in [0.717, 1.165) is 23.1 Å². The molecule has 1 fully saturated rings. The number of anilines is 1. The van der Waals surface area contributed by atoms with Crippen molar-refractivity contribution >= 4 is 33.5 Å². The lowest BCUT2D eigenvalue weighted by Crippen LogP contribution is -2.48.